The zero-order valence-corrected chi connectivity index (χ0v) is 15.5. The number of aryl methyl sites for hydroxylation is 1. The smallest absolute Gasteiger partial charge is 0.338 e. The summed E-state index contributed by atoms with van der Waals surface area (Å²) in [5.74, 6) is -1.38. The number of rotatable bonds is 5. The molecule has 7 nitrogen and oxygen atoms in total. The second kappa shape index (κ2) is 8.04. The van der Waals surface area contributed by atoms with Crippen LogP contribution in [0, 0.1) is 12.3 Å². The number of hydrogen-bond donors (Lipinski definition) is 1. The minimum absolute atomic E-state index is 0.0626. The van der Waals surface area contributed by atoms with Gasteiger partial charge in [0.25, 0.3) is 5.91 Å². The molecule has 0 radical (unpaired) electrons. The van der Waals surface area contributed by atoms with Crippen LogP contribution in [0.1, 0.15) is 22.3 Å². The number of nitrogens with zero attached hydrogens (tertiary/aromatic N) is 2. The highest BCUT2D eigenvalue weighted by molar-refractivity contribution is 6.03. The Kier molecular flexibility index (Phi) is 5.54. The van der Waals surface area contributed by atoms with Gasteiger partial charge in [-0.25, -0.2) is 9.79 Å². The Hall–Kier alpha value is -3.48. The predicted molar refractivity (Wildman–Crippen MR) is 105 cm³/mol. The van der Waals surface area contributed by atoms with E-state index in [2.05, 4.69) is 4.99 Å². The molecule has 0 aromatic heterocycles. The third-order valence-electron chi connectivity index (χ3n) is 4.73. The molecule has 0 bridgehead atoms. The molecular formula is C21H21N3O4. The number of hydrogen-bond acceptors (Lipinski definition) is 4. The van der Waals surface area contributed by atoms with Crippen LogP contribution in [0.2, 0.25) is 0 Å². The first-order valence-corrected chi connectivity index (χ1v) is 8.83. The van der Waals surface area contributed by atoms with Crippen molar-refractivity contribution in [3.63, 3.8) is 0 Å². The molecule has 2 amide bonds. The molecule has 0 aliphatic carbocycles. The van der Waals surface area contributed by atoms with Crippen LogP contribution >= 0.6 is 0 Å². The Morgan fingerprint density at radius 2 is 1.86 bits per heavy atom. The lowest BCUT2D eigenvalue weighted by atomic mass is 9.87. The maximum absolute atomic E-state index is 12.6. The van der Waals surface area contributed by atoms with Gasteiger partial charge in [0.1, 0.15) is 12.0 Å². The summed E-state index contributed by atoms with van der Waals surface area (Å²) < 4.78 is 5.38. The minimum Gasteiger partial charge on any atom is -0.461 e. The second-order valence-corrected chi connectivity index (χ2v) is 6.80. The molecule has 1 saturated heterocycles. The molecule has 3 rings (SSSR count). The number of anilines is 1. The van der Waals surface area contributed by atoms with E-state index in [1.807, 2.05) is 31.2 Å². The van der Waals surface area contributed by atoms with Gasteiger partial charge in [0.2, 0.25) is 5.91 Å². The molecule has 2 aromatic carbocycles. The summed E-state index contributed by atoms with van der Waals surface area (Å²) in [4.78, 5) is 42.8. The largest absolute Gasteiger partial charge is 0.461 e. The summed E-state index contributed by atoms with van der Waals surface area (Å²) in [6.07, 6.45) is 0.779. The molecule has 1 heterocycles. The predicted octanol–water partition coefficient (Wildman–Crippen LogP) is 2.09. The van der Waals surface area contributed by atoms with Crippen molar-refractivity contribution in [2.45, 2.75) is 13.3 Å². The molecule has 0 saturated carbocycles. The van der Waals surface area contributed by atoms with Crippen LogP contribution < -0.4 is 10.6 Å². The Morgan fingerprint density at radius 3 is 2.50 bits per heavy atom. The van der Waals surface area contributed by atoms with Gasteiger partial charge in [-0.3, -0.25) is 9.59 Å². The summed E-state index contributed by atoms with van der Waals surface area (Å²) in [6, 6.07) is 15.9. The van der Waals surface area contributed by atoms with E-state index in [-0.39, 0.29) is 25.5 Å². The third kappa shape index (κ3) is 3.93. The Bertz CT molecular complexity index is 909. The molecule has 1 aliphatic rings. The number of benzene rings is 2. The molecule has 1 fully saturated rings. The number of nitrogens with two attached hydrogens (primary N) is 1. The Balaban J connectivity index is 1.83. The normalized spacial score (nSPS) is 19.2. The average Bonchev–Trinajstić information content (AvgIpc) is 3.05. The Morgan fingerprint density at radius 1 is 1.18 bits per heavy atom. The van der Waals surface area contributed by atoms with E-state index in [1.165, 1.54) is 4.90 Å². The standard InChI is InChI=1S/C21H21N3O4/c1-15-7-9-17(10-8-15)24-12-21(11-18(24)25,20(27)23-14-22)13-28-19(26)16-5-3-2-4-6-16/h2-10,14H,11-13H2,1H3,(H2,22,23,27). The number of amides is 2. The topological polar surface area (TPSA) is 102 Å². The van der Waals surface area contributed by atoms with E-state index in [1.54, 1.807) is 30.3 Å². The highest BCUT2D eigenvalue weighted by Crippen LogP contribution is 2.36. The molecule has 7 heteroatoms. The summed E-state index contributed by atoms with van der Waals surface area (Å²) >= 11 is 0. The summed E-state index contributed by atoms with van der Waals surface area (Å²) in [5.41, 5.74) is 6.11. The average molecular weight is 379 g/mol. The van der Waals surface area contributed by atoms with E-state index in [4.69, 9.17) is 10.5 Å². The van der Waals surface area contributed by atoms with E-state index >= 15 is 0 Å². The van der Waals surface area contributed by atoms with Gasteiger partial charge in [-0.05, 0) is 31.2 Å². The number of esters is 1. The third-order valence-corrected chi connectivity index (χ3v) is 4.73. The fourth-order valence-electron chi connectivity index (χ4n) is 3.16. The van der Waals surface area contributed by atoms with Gasteiger partial charge in [0.15, 0.2) is 0 Å². The first-order valence-electron chi connectivity index (χ1n) is 8.83. The Labute approximate surface area is 162 Å². The molecule has 2 aromatic rings. The van der Waals surface area contributed by atoms with Gasteiger partial charge in [0, 0.05) is 18.7 Å². The number of carbonyl (C=O) groups is 3. The molecular weight excluding hydrogens is 358 g/mol. The van der Waals surface area contributed by atoms with Crippen molar-refractivity contribution >= 4 is 29.8 Å². The molecule has 144 valence electrons. The fourth-order valence-corrected chi connectivity index (χ4v) is 3.16. The van der Waals surface area contributed by atoms with Crippen molar-refractivity contribution in [1.82, 2.24) is 0 Å². The van der Waals surface area contributed by atoms with Crippen LogP contribution in [0.5, 0.6) is 0 Å². The highest BCUT2D eigenvalue weighted by Gasteiger charge is 2.50. The van der Waals surface area contributed by atoms with Gasteiger partial charge in [0.05, 0.1) is 11.9 Å². The molecule has 1 unspecified atom stereocenters. The van der Waals surface area contributed by atoms with Crippen molar-refractivity contribution in [2.24, 2.45) is 16.1 Å². The van der Waals surface area contributed by atoms with Crippen molar-refractivity contribution in [2.75, 3.05) is 18.1 Å². The number of aliphatic imine (C=N–C) groups is 1. The maximum Gasteiger partial charge on any atom is 0.338 e. The van der Waals surface area contributed by atoms with E-state index in [0.717, 1.165) is 11.9 Å². The summed E-state index contributed by atoms with van der Waals surface area (Å²) in [5, 5.41) is 0. The van der Waals surface area contributed by atoms with Gasteiger partial charge in [-0.2, -0.15) is 0 Å². The monoisotopic (exact) mass is 379 g/mol. The zero-order chi connectivity index (χ0) is 20.1. The molecule has 2 N–H and O–H groups in total. The van der Waals surface area contributed by atoms with Crippen LogP contribution in [-0.2, 0) is 14.3 Å². The first kappa shape index (κ1) is 19.3. The fraction of sp³-hybridized carbons (Fsp3) is 0.238. The lowest BCUT2D eigenvalue weighted by Crippen LogP contribution is -2.39. The van der Waals surface area contributed by atoms with Crippen LogP contribution in [0.25, 0.3) is 0 Å². The summed E-state index contributed by atoms with van der Waals surface area (Å²) in [6.45, 7) is 1.75. The summed E-state index contributed by atoms with van der Waals surface area (Å²) in [7, 11) is 0. The minimum atomic E-state index is -1.28. The van der Waals surface area contributed by atoms with Crippen molar-refractivity contribution in [3.05, 3.63) is 65.7 Å². The quantitative estimate of drug-likeness (QED) is 0.487. The maximum atomic E-state index is 12.6. The zero-order valence-electron chi connectivity index (χ0n) is 15.5. The molecule has 28 heavy (non-hydrogen) atoms. The number of ether oxygens (including phenoxy) is 1. The van der Waals surface area contributed by atoms with Crippen LogP contribution in [0.3, 0.4) is 0 Å². The van der Waals surface area contributed by atoms with Crippen molar-refractivity contribution < 1.29 is 19.1 Å². The van der Waals surface area contributed by atoms with Crippen molar-refractivity contribution in [1.29, 1.82) is 0 Å². The number of carbonyl (C=O) groups excluding carboxylic acids is 3. The highest BCUT2D eigenvalue weighted by atomic mass is 16.5. The van der Waals surface area contributed by atoms with Gasteiger partial charge in [-0.1, -0.05) is 35.9 Å². The second-order valence-electron chi connectivity index (χ2n) is 6.80. The van der Waals surface area contributed by atoms with E-state index in [9.17, 15) is 14.4 Å². The molecule has 0 spiro atoms. The van der Waals surface area contributed by atoms with Crippen LogP contribution in [-0.4, -0.2) is 37.3 Å². The van der Waals surface area contributed by atoms with Gasteiger partial charge < -0.3 is 15.4 Å². The van der Waals surface area contributed by atoms with E-state index < -0.39 is 17.3 Å². The SMILES string of the molecule is Cc1ccc(N2CC(COC(=O)c3ccccc3)(C(=O)N=CN)CC2=O)cc1. The van der Waals surface area contributed by atoms with Crippen molar-refractivity contribution in [3.8, 4) is 0 Å². The molecule has 1 atom stereocenters. The van der Waals surface area contributed by atoms with Crippen LogP contribution in [0.15, 0.2) is 59.6 Å². The lowest BCUT2D eigenvalue weighted by Gasteiger charge is -2.25. The lowest BCUT2D eigenvalue weighted by molar-refractivity contribution is -0.131. The van der Waals surface area contributed by atoms with Gasteiger partial charge >= 0.3 is 5.97 Å². The van der Waals surface area contributed by atoms with E-state index in [0.29, 0.717) is 11.3 Å². The van der Waals surface area contributed by atoms with Crippen LogP contribution in [0.4, 0.5) is 5.69 Å². The molecule has 1 aliphatic heterocycles. The van der Waals surface area contributed by atoms with Gasteiger partial charge in [-0.15, -0.1) is 0 Å². The first-order chi connectivity index (χ1) is 13.4.